The van der Waals surface area contributed by atoms with E-state index in [2.05, 4.69) is 21.2 Å². The second-order valence-corrected chi connectivity index (χ2v) is 5.11. The van der Waals surface area contributed by atoms with E-state index in [1.807, 2.05) is 6.92 Å². The minimum absolute atomic E-state index is 0.0315. The molecule has 1 aromatic carbocycles. The van der Waals surface area contributed by atoms with E-state index in [1.54, 1.807) is 13.0 Å². The van der Waals surface area contributed by atoms with Crippen LogP contribution >= 0.6 is 15.9 Å². The number of nitrogens with zero attached hydrogens (tertiary/aromatic N) is 1. The fourth-order valence-electron chi connectivity index (χ4n) is 1.78. The Balaban J connectivity index is 2.83. The first-order valence-corrected chi connectivity index (χ1v) is 7.23. The second-order valence-electron chi connectivity index (χ2n) is 4.31. The highest BCUT2D eigenvalue weighted by Gasteiger charge is 2.15. The van der Waals surface area contributed by atoms with Crippen molar-refractivity contribution in [1.29, 1.82) is 0 Å². The molecule has 0 spiro atoms. The van der Waals surface area contributed by atoms with Gasteiger partial charge in [-0.3, -0.25) is 14.9 Å². The van der Waals surface area contributed by atoms with Crippen LogP contribution in [-0.4, -0.2) is 22.2 Å². The summed E-state index contributed by atoms with van der Waals surface area (Å²) < 4.78 is 0. The Kier molecular flexibility index (Phi) is 5.95. The van der Waals surface area contributed by atoms with Crippen LogP contribution in [0.1, 0.15) is 35.7 Å². The average molecular weight is 329 g/mol. The van der Waals surface area contributed by atoms with Gasteiger partial charge < -0.3 is 5.32 Å². The number of hydrogen-bond acceptors (Lipinski definition) is 3. The molecule has 0 aliphatic carbocycles. The molecule has 0 saturated heterocycles. The lowest BCUT2D eigenvalue weighted by Gasteiger charge is -2.15. The third-order valence-corrected chi connectivity index (χ3v) is 3.40. The van der Waals surface area contributed by atoms with Gasteiger partial charge in [0.2, 0.25) is 0 Å². The van der Waals surface area contributed by atoms with E-state index >= 15 is 0 Å². The molecule has 1 atom stereocenters. The summed E-state index contributed by atoms with van der Waals surface area (Å²) in [6.07, 6.45) is 1.71. The first-order valence-electron chi connectivity index (χ1n) is 6.11. The minimum atomic E-state index is -0.448. The fourth-order valence-corrected chi connectivity index (χ4v) is 2.33. The molecule has 0 saturated carbocycles. The highest BCUT2D eigenvalue weighted by Crippen LogP contribution is 2.18. The number of rotatable bonds is 6. The Labute approximate surface area is 120 Å². The Morgan fingerprint density at radius 3 is 2.68 bits per heavy atom. The van der Waals surface area contributed by atoms with Gasteiger partial charge in [-0.05, 0) is 31.9 Å². The van der Waals surface area contributed by atoms with Crippen LogP contribution in [0, 0.1) is 17.0 Å². The summed E-state index contributed by atoms with van der Waals surface area (Å²) in [7, 11) is 0. The maximum atomic E-state index is 12.0. The molecule has 19 heavy (non-hydrogen) atoms. The quantitative estimate of drug-likeness (QED) is 0.495. The van der Waals surface area contributed by atoms with Crippen molar-refractivity contribution in [3.05, 3.63) is 39.4 Å². The third-order valence-electron chi connectivity index (χ3n) is 2.94. The van der Waals surface area contributed by atoms with Gasteiger partial charge in [-0.25, -0.2) is 0 Å². The largest absolute Gasteiger partial charge is 0.349 e. The van der Waals surface area contributed by atoms with Crippen LogP contribution in [0.2, 0.25) is 0 Å². The zero-order chi connectivity index (χ0) is 14.4. The van der Waals surface area contributed by atoms with E-state index in [4.69, 9.17) is 0 Å². The van der Waals surface area contributed by atoms with Crippen LogP contribution in [0.3, 0.4) is 0 Å². The highest BCUT2D eigenvalue weighted by molar-refractivity contribution is 9.09. The molecular formula is C13H17BrN2O3. The van der Waals surface area contributed by atoms with Crippen molar-refractivity contribution in [3.63, 3.8) is 0 Å². The van der Waals surface area contributed by atoms with Crippen LogP contribution in [0.4, 0.5) is 5.69 Å². The van der Waals surface area contributed by atoms with Gasteiger partial charge in [0, 0.05) is 28.6 Å². The van der Waals surface area contributed by atoms with E-state index in [0.29, 0.717) is 11.1 Å². The molecule has 5 nitrogen and oxygen atoms in total. The molecule has 104 valence electrons. The number of nitro groups is 1. The van der Waals surface area contributed by atoms with Gasteiger partial charge >= 0.3 is 0 Å². The van der Waals surface area contributed by atoms with Crippen LogP contribution in [0.15, 0.2) is 18.2 Å². The van der Waals surface area contributed by atoms with Crippen LogP contribution in [-0.2, 0) is 0 Å². The monoisotopic (exact) mass is 328 g/mol. The van der Waals surface area contributed by atoms with Gasteiger partial charge in [0.15, 0.2) is 0 Å². The molecule has 1 rings (SSSR count). The summed E-state index contributed by atoms with van der Waals surface area (Å²) >= 11 is 3.35. The average Bonchev–Trinajstić information content (AvgIpc) is 2.37. The number of benzene rings is 1. The van der Waals surface area contributed by atoms with Gasteiger partial charge in [-0.15, -0.1) is 0 Å². The smallest absolute Gasteiger partial charge is 0.272 e. The number of amides is 1. The Bertz CT molecular complexity index is 477. The summed E-state index contributed by atoms with van der Waals surface area (Å²) in [5.74, 6) is -0.189. The Hall–Kier alpha value is -1.43. The Morgan fingerprint density at radius 1 is 1.53 bits per heavy atom. The fraction of sp³-hybridized carbons (Fsp3) is 0.462. The highest BCUT2D eigenvalue weighted by atomic mass is 79.9. The lowest BCUT2D eigenvalue weighted by atomic mass is 10.1. The molecule has 0 aliphatic rings. The van der Waals surface area contributed by atoms with Crippen molar-refractivity contribution < 1.29 is 9.72 Å². The van der Waals surface area contributed by atoms with Crippen molar-refractivity contribution in [3.8, 4) is 0 Å². The molecule has 0 fully saturated rings. The number of aryl methyl sites for hydroxylation is 1. The van der Waals surface area contributed by atoms with Crippen molar-refractivity contribution >= 4 is 27.5 Å². The first-order chi connectivity index (χ1) is 8.99. The molecule has 0 aliphatic heterocycles. The maximum absolute atomic E-state index is 12.0. The molecule has 0 bridgehead atoms. The van der Waals surface area contributed by atoms with E-state index in [0.717, 1.165) is 18.2 Å². The third kappa shape index (κ3) is 4.31. The molecule has 1 unspecified atom stereocenters. The summed E-state index contributed by atoms with van der Waals surface area (Å²) in [6.45, 7) is 3.64. The zero-order valence-electron chi connectivity index (χ0n) is 11.0. The van der Waals surface area contributed by atoms with Crippen LogP contribution in [0.25, 0.3) is 0 Å². The van der Waals surface area contributed by atoms with E-state index in [1.165, 1.54) is 12.1 Å². The predicted molar refractivity (Wildman–Crippen MR) is 77.8 cm³/mol. The normalized spacial score (nSPS) is 11.9. The van der Waals surface area contributed by atoms with Gasteiger partial charge in [0.1, 0.15) is 0 Å². The predicted octanol–water partition coefficient (Wildman–Crippen LogP) is 3.20. The molecule has 0 radical (unpaired) electrons. The number of hydrogen-bond donors (Lipinski definition) is 1. The van der Waals surface area contributed by atoms with Gasteiger partial charge in [0.25, 0.3) is 11.6 Å². The molecule has 1 N–H and O–H groups in total. The van der Waals surface area contributed by atoms with Crippen LogP contribution in [0.5, 0.6) is 0 Å². The van der Waals surface area contributed by atoms with Crippen LogP contribution < -0.4 is 5.32 Å². The second kappa shape index (κ2) is 7.23. The van der Waals surface area contributed by atoms with Crippen molar-refractivity contribution in [1.82, 2.24) is 5.32 Å². The summed E-state index contributed by atoms with van der Waals surface area (Å²) in [4.78, 5) is 22.3. The van der Waals surface area contributed by atoms with Gasteiger partial charge in [-0.1, -0.05) is 22.9 Å². The standard InChI is InChI=1S/C13H17BrN2O3/c1-3-11(6-7-14)15-13(17)10-4-5-12(16(18)19)9(2)8-10/h4-5,8,11H,3,6-7H2,1-2H3,(H,15,17). The van der Waals surface area contributed by atoms with Crippen molar-refractivity contribution in [2.75, 3.05) is 5.33 Å². The first kappa shape index (κ1) is 15.6. The van der Waals surface area contributed by atoms with Gasteiger partial charge in [-0.2, -0.15) is 0 Å². The molecule has 1 amide bonds. The number of nitrogens with one attached hydrogen (secondary N) is 1. The summed E-state index contributed by atoms with van der Waals surface area (Å²) in [5, 5.41) is 14.5. The minimum Gasteiger partial charge on any atom is -0.349 e. The number of carbonyl (C=O) groups is 1. The molecule has 0 heterocycles. The number of nitro benzene ring substituents is 1. The van der Waals surface area contributed by atoms with E-state index in [9.17, 15) is 14.9 Å². The topological polar surface area (TPSA) is 72.2 Å². The van der Waals surface area contributed by atoms with Crippen molar-refractivity contribution in [2.24, 2.45) is 0 Å². The Morgan fingerprint density at radius 2 is 2.21 bits per heavy atom. The lowest BCUT2D eigenvalue weighted by molar-refractivity contribution is -0.385. The van der Waals surface area contributed by atoms with E-state index < -0.39 is 4.92 Å². The number of halogens is 1. The molecule has 6 heteroatoms. The zero-order valence-corrected chi connectivity index (χ0v) is 12.6. The van der Waals surface area contributed by atoms with E-state index in [-0.39, 0.29) is 17.6 Å². The van der Waals surface area contributed by atoms with Gasteiger partial charge in [0.05, 0.1) is 4.92 Å². The number of alkyl halides is 1. The molecular weight excluding hydrogens is 312 g/mol. The molecule has 0 aromatic heterocycles. The SMILES string of the molecule is CCC(CCBr)NC(=O)c1ccc([N+](=O)[O-])c(C)c1. The lowest BCUT2D eigenvalue weighted by Crippen LogP contribution is -2.34. The van der Waals surface area contributed by atoms with Crippen molar-refractivity contribution in [2.45, 2.75) is 32.7 Å². The maximum Gasteiger partial charge on any atom is 0.272 e. The number of carbonyl (C=O) groups excluding carboxylic acids is 1. The molecule has 1 aromatic rings. The summed E-state index contributed by atoms with van der Waals surface area (Å²) in [5.41, 5.74) is 0.978. The summed E-state index contributed by atoms with van der Waals surface area (Å²) in [6, 6.07) is 4.52.